The average molecular weight is 237 g/mol. The van der Waals surface area contributed by atoms with E-state index in [1.165, 1.54) is 25.7 Å². The molecule has 1 N–H and O–H groups in total. The van der Waals surface area contributed by atoms with Crippen molar-refractivity contribution in [2.45, 2.75) is 51.0 Å². The Balaban J connectivity index is 1.53. The minimum atomic E-state index is -0.149. The molecule has 96 valence electrons. The lowest BCUT2D eigenvalue weighted by molar-refractivity contribution is -0.131. The third-order valence-electron chi connectivity index (χ3n) is 5.11. The molecule has 0 bridgehead atoms. The zero-order valence-corrected chi connectivity index (χ0v) is 10.5. The highest BCUT2D eigenvalue weighted by atomic mass is 16.3. The summed E-state index contributed by atoms with van der Waals surface area (Å²) < 4.78 is 0. The van der Waals surface area contributed by atoms with Crippen LogP contribution < -0.4 is 0 Å². The quantitative estimate of drug-likeness (QED) is 0.795. The third-order valence-corrected chi connectivity index (χ3v) is 5.11. The lowest BCUT2D eigenvalue weighted by atomic mass is 10.00. The predicted octanol–water partition coefficient (Wildman–Crippen LogP) is 1.80. The summed E-state index contributed by atoms with van der Waals surface area (Å²) in [5.41, 5.74) is 0. The Morgan fingerprint density at radius 3 is 2.59 bits per heavy atom. The Bertz CT molecular complexity index is 299. The lowest BCUT2D eigenvalue weighted by Crippen LogP contribution is -2.32. The molecule has 1 aliphatic heterocycles. The minimum absolute atomic E-state index is 0.149. The normalized spacial score (nSPS) is 37.7. The molecule has 0 aromatic heterocycles. The maximum absolute atomic E-state index is 12.2. The summed E-state index contributed by atoms with van der Waals surface area (Å²) in [6.07, 6.45) is 7.77. The van der Waals surface area contributed by atoms with E-state index in [1.54, 1.807) is 0 Å². The molecule has 2 saturated carbocycles. The second-order valence-electron chi connectivity index (χ2n) is 6.22. The zero-order valence-electron chi connectivity index (χ0n) is 10.5. The highest BCUT2D eigenvalue weighted by molar-refractivity contribution is 5.76. The van der Waals surface area contributed by atoms with Crippen LogP contribution in [-0.2, 0) is 4.79 Å². The molecule has 3 nitrogen and oxygen atoms in total. The van der Waals surface area contributed by atoms with Gasteiger partial charge in [0.05, 0.1) is 6.10 Å². The fourth-order valence-corrected chi connectivity index (χ4v) is 4.03. The number of aliphatic hydroxyl groups is 1. The van der Waals surface area contributed by atoms with Crippen molar-refractivity contribution >= 4 is 5.91 Å². The lowest BCUT2D eigenvalue weighted by Gasteiger charge is -2.20. The molecule has 3 aliphatic rings. The Labute approximate surface area is 103 Å². The van der Waals surface area contributed by atoms with E-state index in [-0.39, 0.29) is 6.10 Å². The van der Waals surface area contributed by atoms with Crippen molar-refractivity contribution in [3.8, 4) is 0 Å². The summed E-state index contributed by atoms with van der Waals surface area (Å²) in [6.45, 7) is 1.73. The van der Waals surface area contributed by atoms with Crippen LogP contribution in [0.1, 0.15) is 44.9 Å². The monoisotopic (exact) mass is 237 g/mol. The van der Waals surface area contributed by atoms with E-state index < -0.39 is 0 Å². The summed E-state index contributed by atoms with van der Waals surface area (Å²) in [4.78, 5) is 14.2. The van der Waals surface area contributed by atoms with Crippen molar-refractivity contribution in [1.29, 1.82) is 0 Å². The molecule has 0 unspecified atom stereocenters. The number of rotatable bonds is 2. The number of aliphatic hydroxyl groups excluding tert-OH is 1. The van der Waals surface area contributed by atoms with Crippen molar-refractivity contribution in [2.24, 2.45) is 17.8 Å². The van der Waals surface area contributed by atoms with Gasteiger partial charge in [-0.05, 0) is 37.5 Å². The predicted molar refractivity (Wildman–Crippen MR) is 65.4 cm³/mol. The fourth-order valence-electron chi connectivity index (χ4n) is 4.03. The van der Waals surface area contributed by atoms with Crippen LogP contribution in [-0.4, -0.2) is 35.1 Å². The van der Waals surface area contributed by atoms with Gasteiger partial charge in [-0.1, -0.05) is 12.8 Å². The van der Waals surface area contributed by atoms with Gasteiger partial charge in [-0.3, -0.25) is 4.79 Å². The van der Waals surface area contributed by atoms with Crippen LogP contribution in [0.4, 0.5) is 0 Å². The molecule has 3 rings (SSSR count). The summed E-state index contributed by atoms with van der Waals surface area (Å²) >= 11 is 0. The largest absolute Gasteiger partial charge is 0.393 e. The molecule has 0 spiro atoms. The molecule has 0 radical (unpaired) electrons. The number of carbonyl (C=O) groups is 1. The number of carbonyl (C=O) groups excluding carboxylic acids is 1. The Morgan fingerprint density at radius 2 is 1.88 bits per heavy atom. The summed E-state index contributed by atoms with van der Waals surface area (Å²) in [5.74, 6) is 1.95. The number of likely N-dealkylation sites (tertiary alicyclic amines) is 1. The van der Waals surface area contributed by atoms with Gasteiger partial charge in [0.2, 0.25) is 5.91 Å². The van der Waals surface area contributed by atoms with E-state index in [0.717, 1.165) is 32.4 Å². The van der Waals surface area contributed by atoms with Gasteiger partial charge in [-0.2, -0.15) is 0 Å². The van der Waals surface area contributed by atoms with Crippen molar-refractivity contribution in [2.75, 3.05) is 13.1 Å². The molecular weight excluding hydrogens is 214 g/mol. The van der Waals surface area contributed by atoms with E-state index in [0.29, 0.717) is 23.7 Å². The van der Waals surface area contributed by atoms with Crippen molar-refractivity contribution in [3.05, 3.63) is 0 Å². The first-order valence-electron chi connectivity index (χ1n) is 7.20. The molecule has 17 heavy (non-hydrogen) atoms. The highest BCUT2D eigenvalue weighted by Gasteiger charge is 2.43. The average Bonchev–Trinajstić information content (AvgIpc) is 2.97. The second kappa shape index (κ2) is 4.60. The van der Waals surface area contributed by atoms with Gasteiger partial charge in [0.15, 0.2) is 0 Å². The number of hydrogen-bond donors (Lipinski definition) is 1. The smallest absolute Gasteiger partial charge is 0.222 e. The van der Waals surface area contributed by atoms with Gasteiger partial charge < -0.3 is 10.0 Å². The topological polar surface area (TPSA) is 40.5 Å². The van der Waals surface area contributed by atoms with E-state index in [9.17, 15) is 9.90 Å². The first kappa shape index (κ1) is 11.5. The zero-order chi connectivity index (χ0) is 11.8. The first-order chi connectivity index (χ1) is 8.24. The highest BCUT2D eigenvalue weighted by Crippen LogP contribution is 2.38. The molecule has 3 atom stereocenters. The van der Waals surface area contributed by atoms with Crippen LogP contribution in [0.15, 0.2) is 0 Å². The Kier molecular flexibility index (Phi) is 3.12. The van der Waals surface area contributed by atoms with E-state index in [2.05, 4.69) is 0 Å². The maximum atomic E-state index is 12.2. The van der Waals surface area contributed by atoms with E-state index >= 15 is 0 Å². The van der Waals surface area contributed by atoms with Gasteiger partial charge in [0.25, 0.3) is 0 Å². The molecule has 0 aromatic carbocycles. The molecule has 3 heteroatoms. The Hall–Kier alpha value is -0.570. The molecule has 1 amide bonds. The van der Waals surface area contributed by atoms with E-state index in [4.69, 9.17) is 0 Å². The third kappa shape index (κ3) is 2.22. The number of nitrogens with zero attached hydrogens (tertiary/aromatic N) is 1. The van der Waals surface area contributed by atoms with Crippen LogP contribution in [0.3, 0.4) is 0 Å². The van der Waals surface area contributed by atoms with Gasteiger partial charge >= 0.3 is 0 Å². The van der Waals surface area contributed by atoms with Gasteiger partial charge in [-0.25, -0.2) is 0 Å². The number of hydrogen-bond acceptors (Lipinski definition) is 2. The molecule has 1 heterocycles. The van der Waals surface area contributed by atoms with Crippen molar-refractivity contribution in [3.63, 3.8) is 0 Å². The standard InChI is InChI=1S/C14H23NO2/c16-13-6-5-11-8-15(9-12(11)13)14(17)7-10-3-1-2-4-10/h10-13,16H,1-9H2/t11-,12+,13-/m0/s1. The van der Waals surface area contributed by atoms with Crippen LogP contribution in [0, 0.1) is 17.8 Å². The fraction of sp³-hybridized carbons (Fsp3) is 0.929. The van der Waals surface area contributed by atoms with E-state index in [1.807, 2.05) is 4.90 Å². The van der Waals surface area contributed by atoms with Crippen LogP contribution in [0.2, 0.25) is 0 Å². The number of fused-ring (bicyclic) bond motifs is 1. The summed E-state index contributed by atoms with van der Waals surface area (Å²) in [7, 11) is 0. The van der Waals surface area contributed by atoms with Crippen LogP contribution >= 0.6 is 0 Å². The van der Waals surface area contributed by atoms with Crippen molar-refractivity contribution < 1.29 is 9.90 Å². The SMILES string of the molecule is O=C(CC1CCCC1)N1C[C@@H]2CC[C@H](O)[C@@H]2C1. The Morgan fingerprint density at radius 1 is 1.12 bits per heavy atom. The second-order valence-corrected chi connectivity index (χ2v) is 6.22. The summed E-state index contributed by atoms with van der Waals surface area (Å²) in [6, 6.07) is 0. The molecule has 3 fully saturated rings. The molecule has 2 aliphatic carbocycles. The maximum Gasteiger partial charge on any atom is 0.222 e. The van der Waals surface area contributed by atoms with Crippen LogP contribution in [0.5, 0.6) is 0 Å². The molecule has 1 saturated heterocycles. The molecule has 0 aromatic rings. The molecular formula is C14H23NO2. The van der Waals surface area contributed by atoms with Crippen LogP contribution in [0.25, 0.3) is 0 Å². The minimum Gasteiger partial charge on any atom is -0.393 e. The first-order valence-corrected chi connectivity index (χ1v) is 7.20. The summed E-state index contributed by atoms with van der Waals surface area (Å²) in [5, 5.41) is 9.85. The number of amides is 1. The van der Waals surface area contributed by atoms with Crippen molar-refractivity contribution in [1.82, 2.24) is 4.90 Å². The van der Waals surface area contributed by atoms with Gasteiger partial charge in [0, 0.05) is 25.4 Å². The van der Waals surface area contributed by atoms with Gasteiger partial charge in [0.1, 0.15) is 0 Å². The van der Waals surface area contributed by atoms with Gasteiger partial charge in [-0.15, -0.1) is 0 Å².